The summed E-state index contributed by atoms with van der Waals surface area (Å²) in [5, 5.41) is 11.1. The summed E-state index contributed by atoms with van der Waals surface area (Å²) in [7, 11) is 0. The molecular formula is C26H24O3S. The fourth-order valence-electron chi connectivity index (χ4n) is 4.27. The monoisotopic (exact) mass is 416 g/mol. The van der Waals surface area contributed by atoms with Crippen molar-refractivity contribution >= 4 is 23.3 Å². The normalized spacial score (nSPS) is 20.5. The number of thioether (sulfide) groups is 1. The highest BCUT2D eigenvalue weighted by Gasteiger charge is 2.55. The Kier molecular flexibility index (Phi) is 5.89. The van der Waals surface area contributed by atoms with E-state index in [0.29, 0.717) is 16.9 Å². The number of carbonyl (C=O) groups is 2. The van der Waals surface area contributed by atoms with Crippen molar-refractivity contribution in [3.8, 4) is 0 Å². The van der Waals surface area contributed by atoms with Gasteiger partial charge in [0.2, 0.25) is 0 Å². The van der Waals surface area contributed by atoms with Crippen LogP contribution < -0.4 is 0 Å². The van der Waals surface area contributed by atoms with E-state index in [0.717, 1.165) is 11.1 Å². The van der Waals surface area contributed by atoms with Gasteiger partial charge in [-0.2, -0.15) is 11.8 Å². The Bertz CT molecular complexity index is 995. The fourth-order valence-corrected chi connectivity index (χ4v) is 5.79. The molecule has 1 fully saturated rings. The van der Waals surface area contributed by atoms with Gasteiger partial charge < -0.3 is 5.11 Å². The van der Waals surface area contributed by atoms with Crippen LogP contribution in [0.5, 0.6) is 0 Å². The minimum Gasteiger partial charge on any atom is -0.391 e. The predicted molar refractivity (Wildman–Crippen MR) is 121 cm³/mol. The molecule has 3 aromatic carbocycles. The number of hydrogen-bond donors (Lipinski definition) is 1. The van der Waals surface area contributed by atoms with E-state index in [9.17, 15) is 14.7 Å². The van der Waals surface area contributed by atoms with Crippen molar-refractivity contribution in [3.05, 3.63) is 107 Å². The Morgan fingerprint density at radius 2 is 1.33 bits per heavy atom. The molecule has 1 aliphatic rings. The molecule has 1 saturated heterocycles. The van der Waals surface area contributed by atoms with E-state index in [4.69, 9.17) is 0 Å². The minimum absolute atomic E-state index is 0.0464. The maximum atomic E-state index is 13.8. The van der Waals surface area contributed by atoms with Crippen molar-refractivity contribution < 1.29 is 14.7 Å². The number of hydrogen-bond acceptors (Lipinski definition) is 4. The van der Waals surface area contributed by atoms with E-state index in [2.05, 4.69) is 6.07 Å². The van der Waals surface area contributed by atoms with Crippen molar-refractivity contribution in [1.29, 1.82) is 0 Å². The van der Waals surface area contributed by atoms with Gasteiger partial charge in [-0.05, 0) is 24.5 Å². The molecule has 1 heterocycles. The zero-order chi connectivity index (χ0) is 21.1. The topological polar surface area (TPSA) is 54.4 Å². The summed E-state index contributed by atoms with van der Waals surface area (Å²) in [5.41, 5.74) is 1.63. The fraction of sp³-hybridized carbons (Fsp3) is 0.231. The molecule has 1 aliphatic heterocycles. The average molecular weight is 417 g/mol. The zero-order valence-corrected chi connectivity index (χ0v) is 17.6. The Hall–Kier alpha value is -2.69. The van der Waals surface area contributed by atoms with Crippen molar-refractivity contribution in [2.75, 3.05) is 5.75 Å². The van der Waals surface area contributed by atoms with Crippen LogP contribution in [0.4, 0.5) is 0 Å². The molecule has 3 aromatic rings. The van der Waals surface area contributed by atoms with Gasteiger partial charge in [-0.15, -0.1) is 0 Å². The first kappa shape index (κ1) is 20.6. The molecule has 0 aromatic heterocycles. The number of rotatable bonds is 5. The molecule has 3 nitrogen and oxygen atoms in total. The Balaban J connectivity index is 1.84. The Labute approximate surface area is 181 Å². The van der Waals surface area contributed by atoms with Crippen molar-refractivity contribution in [2.45, 2.75) is 24.7 Å². The summed E-state index contributed by atoms with van der Waals surface area (Å²) in [6.45, 7) is 2.04. The zero-order valence-electron chi connectivity index (χ0n) is 16.8. The number of aliphatic hydroxyl groups is 1. The van der Waals surface area contributed by atoms with Gasteiger partial charge in [-0.1, -0.05) is 84.9 Å². The highest BCUT2D eigenvalue weighted by molar-refractivity contribution is 7.99. The molecule has 2 atom stereocenters. The van der Waals surface area contributed by atoms with Crippen LogP contribution in [0.3, 0.4) is 0 Å². The molecule has 1 N–H and O–H groups in total. The summed E-state index contributed by atoms with van der Waals surface area (Å²) in [4.78, 5) is 27.6. The summed E-state index contributed by atoms with van der Waals surface area (Å²) >= 11 is 1.61. The lowest BCUT2D eigenvalue weighted by Crippen LogP contribution is -2.53. The van der Waals surface area contributed by atoms with E-state index >= 15 is 0 Å². The maximum absolute atomic E-state index is 13.8. The molecule has 0 unspecified atom stereocenters. The number of benzene rings is 3. The Morgan fingerprint density at radius 3 is 1.87 bits per heavy atom. The first-order valence-corrected chi connectivity index (χ1v) is 11.1. The SMILES string of the molecule is Cc1ccccc1[C@@H]1CC(C(=O)c2ccccc2)(C(=O)c2ccccc2)[C@H](O)CS1. The van der Waals surface area contributed by atoms with Crippen LogP contribution >= 0.6 is 11.8 Å². The smallest absolute Gasteiger partial charge is 0.179 e. The lowest BCUT2D eigenvalue weighted by molar-refractivity contribution is 0.0266. The lowest BCUT2D eigenvalue weighted by atomic mass is 9.67. The summed E-state index contributed by atoms with van der Waals surface area (Å²) in [6, 6.07) is 25.8. The van der Waals surface area contributed by atoms with E-state index < -0.39 is 11.5 Å². The Morgan fingerprint density at radius 1 is 0.833 bits per heavy atom. The van der Waals surface area contributed by atoms with Crippen LogP contribution in [0, 0.1) is 12.3 Å². The molecule has 152 valence electrons. The van der Waals surface area contributed by atoms with Crippen LogP contribution in [-0.4, -0.2) is 28.5 Å². The molecule has 4 heteroatoms. The highest BCUT2D eigenvalue weighted by Crippen LogP contribution is 2.51. The van der Waals surface area contributed by atoms with Gasteiger partial charge in [-0.25, -0.2) is 0 Å². The summed E-state index contributed by atoms with van der Waals surface area (Å²) < 4.78 is 0. The molecule has 30 heavy (non-hydrogen) atoms. The third-order valence-electron chi connectivity index (χ3n) is 5.95. The molecule has 0 spiro atoms. The molecule has 4 rings (SSSR count). The second-order valence-electron chi connectivity index (χ2n) is 7.76. The van der Waals surface area contributed by atoms with Crippen molar-refractivity contribution in [3.63, 3.8) is 0 Å². The van der Waals surface area contributed by atoms with E-state index in [1.54, 1.807) is 60.3 Å². The number of aliphatic hydroxyl groups excluding tert-OH is 1. The second kappa shape index (κ2) is 8.58. The third kappa shape index (κ3) is 3.62. The van der Waals surface area contributed by atoms with Gasteiger partial charge in [0.25, 0.3) is 0 Å². The highest BCUT2D eigenvalue weighted by atomic mass is 32.2. The predicted octanol–water partition coefficient (Wildman–Crippen LogP) is 5.29. The van der Waals surface area contributed by atoms with Gasteiger partial charge in [0.15, 0.2) is 11.6 Å². The van der Waals surface area contributed by atoms with Gasteiger partial charge in [0.1, 0.15) is 5.41 Å². The molecule has 0 amide bonds. The van der Waals surface area contributed by atoms with E-state index in [-0.39, 0.29) is 23.2 Å². The third-order valence-corrected chi connectivity index (χ3v) is 7.28. The molecule has 0 saturated carbocycles. The van der Waals surface area contributed by atoms with Crippen LogP contribution in [0.15, 0.2) is 84.9 Å². The van der Waals surface area contributed by atoms with Crippen LogP contribution in [0.1, 0.15) is 43.5 Å². The van der Waals surface area contributed by atoms with Gasteiger partial charge in [0, 0.05) is 22.1 Å². The molecular weight excluding hydrogens is 392 g/mol. The minimum atomic E-state index is -1.51. The van der Waals surface area contributed by atoms with E-state index in [1.807, 2.05) is 37.3 Å². The van der Waals surface area contributed by atoms with Gasteiger partial charge >= 0.3 is 0 Å². The average Bonchev–Trinajstić information content (AvgIpc) is 2.80. The summed E-state index contributed by atoms with van der Waals surface area (Å²) in [6.07, 6.45) is -0.784. The van der Waals surface area contributed by atoms with E-state index in [1.165, 1.54) is 0 Å². The summed E-state index contributed by atoms with van der Waals surface area (Å²) in [5.74, 6) is -0.275. The number of Topliss-reactive ketones (excluding diaryl/α,β-unsaturated/α-hetero) is 2. The van der Waals surface area contributed by atoms with Crippen LogP contribution in [0.2, 0.25) is 0 Å². The largest absolute Gasteiger partial charge is 0.391 e. The van der Waals surface area contributed by atoms with Crippen LogP contribution in [0.25, 0.3) is 0 Å². The first-order chi connectivity index (χ1) is 14.5. The quantitative estimate of drug-likeness (QED) is 0.454. The molecule has 0 aliphatic carbocycles. The van der Waals surface area contributed by atoms with Gasteiger partial charge in [-0.3, -0.25) is 9.59 Å². The lowest BCUT2D eigenvalue weighted by Gasteiger charge is -2.42. The van der Waals surface area contributed by atoms with Crippen LogP contribution in [-0.2, 0) is 0 Å². The number of carbonyl (C=O) groups excluding carboxylic acids is 2. The number of aryl methyl sites for hydroxylation is 1. The molecule has 0 radical (unpaired) electrons. The first-order valence-electron chi connectivity index (χ1n) is 10.1. The molecule has 0 bridgehead atoms. The standard InChI is InChI=1S/C26H24O3S/c1-18-10-8-9-15-21(18)22-16-26(23(27)17-30-22,24(28)19-11-4-2-5-12-19)25(29)20-13-6-3-7-14-20/h2-15,22-23,27H,16-17H2,1H3/t22-,23+/m0/s1. The number of ketones is 2. The van der Waals surface area contributed by atoms with Gasteiger partial charge in [0.05, 0.1) is 6.10 Å². The second-order valence-corrected chi connectivity index (χ2v) is 9.00. The van der Waals surface area contributed by atoms with Crippen molar-refractivity contribution in [1.82, 2.24) is 0 Å². The van der Waals surface area contributed by atoms with Crippen molar-refractivity contribution in [2.24, 2.45) is 5.41 Å². The maximum Gasteiger partial charge on any atom is 0.179 e.